The fourth-order valence-corrected chi connectivity index (χ4v) is 6.17. The van der Waals surface area contributed by atoms with E-state index in [-0.39, 0.29) is 18.1 Å². The highest BCUT2D eigenvalue weighted by Crippen LogP contribution is 2.47. The van der Waals surface area contributed by atoms with E-state index in [1.54, 1.807) is 18.2 Å². The third-order valence-electron chi connectivity index (χ3n) is 7.46. The zero-order valence-electron chi connectivity index (χ0n) is 19.0. The topological polar surface area (TPSA) is 75.8 Å². The van der Waals surface area contributed by atoms with Gasteiger partial charge in [0.15, 0.2) is 0 Å². The van der Waals surface area contributed by atoms with Crippen LogP contribution < -0.4 is 4.90 Å². The predicted molar refractivity (Wildman–Crippen MR) is 130 cm³/mol. The number of hydrogen-bond acceptors (Lipinski definition) is 5. The van der Waals surface area contributed by atoms with Crippen molar-refractivity contribution >= 4 is 34.9 Å². The summed E-state index contributed by atoms with van der Waals surface area (Å²) in [7, 11) is 0. The van der Waals surface area contributed by atoms with Crippen molar-refractivity contribution in [2.24, 2.45) is 5.92 Å². The highest BCUT2D eigenvalue weighted by molar-refractivity contribution is 6.39. The number of fused-ring (bicyclic) bond motifs is 2. The number of nitrogens with zero attached hydrogens (tertiary/aromatic N) is 2. The maximum atomic E-state index is 14.2. The van der Waals surface area contributed by atoms with Crippen molar-refractivity contribution in [2.45, 2.75) is 50.4 Å². The van der Waals surface area contributed by atoms with Crippen molar-refractivity contribution in [3.05, 3.63) is 68.9 Å². The minimum Gasteiger partial charge on any atom is -0.477 e. The number of aromatic carboxylic acids is 1. The Kier molecular flexibility index (Phi) is 5.93. The van der Waals surface area contributed by atoms with E-state index in [0.717, 1.165) is 42.7 Å². The van der Waals surface area contributed by atoms with Crippen LogP contribution in [0.5, 0.6) is 0 Å². The van der Waals surface area contributed by atoms with Crippen LogP contribution in [0.1, 0.15) is 53.3 Å². The Morgan fingerprint density at radius 2 is 1.86 bits per heavy atom. The minimum atomic E-state index is -1.62. The summed E-state index contributed by atoms with van der Waals surface area (Å²) in [4.78, 5) is 13.0. The number of aromatic nitrogens is 1. The summed E-state index contributed by atoms with van der Waals surface area (Å²) in [6.07, 6.45) is 3.57. The second-order valence-corrected chi connectivity index (χ2v) is 10.5. The van der Waals surface area contributed by atoms with E-state index in [4.69, 9.17) is 37.6 Å². The van der Waals surface area contributed by atoms with Gasteiger partial charge in [0, 0.05) is 41.2 Å². The monoisotopic (exact) mass is 534 g/mol. The molecule has 6 rings (SSSR count). The maximum absolute atomic E-state index is 14.2. The molecular formula is C26H22Cl2F2N2O4. The van der Waals surface area contributed by atoms with Crippen LogP contribution in [0.4, 0.5) is 14.5 Å². The molecule has 0 radical (unpaired) electrons. The van der Waals surface area contributed by atoms with Crippen LogP contribution in [-0.2, 0) is 11.3 Å². The molecule has 3 aromatic rings. The summed E-state index contributed by atoms with van der Waals surface area (Å²) in [6, 6.07) is 7.55. The number of carboxylic acids is 1. The third kappa shape index (κ3) is 4.05. The van der Waals surface area contributed by atoms with Gasteiger partial charge in [0.2, 0.25) is 0 Å². The molecule has 10 heteroatoms. The van der Waals surface area contributed by atoms with Gasteiger partial charge in [-0.15, -0.1) is 0 Å². The Balaban J connectivity index is 1.19. The smallest absolute Gasteiger partial charge is 0.341 e. The van der Waals surface area contributed by atoms with Crippen LogP contribution in [0.3, 0.4) is 0 Å². The first-order valence-corrected chi connectivity index (χ1v) is 12.6. The fraction of sp³-hybridized carbons (Fsp3) is 0.385. The predicted octanol–water partition coefficient (Wildman–Crippen LogP) is 6.69. The van der Waals surface area contributed by atoms with Gasteiger partial charge < -0.3 is 19.3 Å². The average Bonchev–Trinajstić information content (AvgIpc) is 3.27. The molecule has 3 atom stereocenters. The molecule has 36 heavy (non-hydrogen) atoms. The molecule has 1 aliphatic heterocycles. The van der Waals surface area contributed by atoms with Crippen molar-refractivity contribution < 1.29 is 27.9 Å². The lowest BCUT2D eigenvalue weighted by Gasteiger charge is -2.33. The Bertz CT molecular complexity index is 1320. The zero-order chi connectivity index (χ0) is 25.1. The van der Waals surface area contributed by atoms with E-state index in [2.05, 4.69) is 5.16 Å². The summed E-state index contributed by atoms with van der Waals surface area (Å²) in [5.74, 6) is -2.45. The minimum absolute atomic E-state index is 0.0317. The van der Waals surface area contributed by atoms with E-state index in [1.807, 2.05) is 4.90 Å². The largest absolute Gasteiger partial charge is 0.477 e. The summed E-state index contributed by atoms with van der Waals surface area (Å²) in [6.45, 7) is 0.875. The molecule has 0 amide bonds. The van der Waals surface area contributed by atoms with Gasteiger partial charge in [-0.25, -0.2) is 13.6 Å². The molecule has 2 saturated carbocycles. The van der Waals surface area contributed by atoms with Gasteiger partial charge in [0.05, 0.1) is 22.8 Å². The van der Waals surface area contributed by atoms with Crippen LogP contribution in [0, 0.1) is 17.6 Å². The number of ether oxygens (including phenoxy) is 1. The van der Waals surface area contributed by atoms with Crippen LogP contribution in [0.15, 0.2) is 34.9 Å². The quantitative estimate of drug-likeness (QED) is 0.364. The Morgan fingerprint density at radius 3 is 2.44 bits per heavy atom. The van der Waals surface area contributed by atoms with Gasteiger partial charge in [-0.1, -0.05) is 34.4 Å². The number of carbonyl (C=O) groups is 1. The lowest BCUT2D eigenvalue weighted by molar-refractivity contribution is 0.0122. The number of benzene rings is 2. The Hall–Kier alpha value is -2.68. The van der Waals surface area contributed by atoms with Crippen LogP contribution in [0.2, 0.25) is 10.0 Å². The lowest BCUT2D eigenvalue weighted by Crippen LogP contribution is -2.38. The molecule has 2 heterocycles. The molecule has 6 nitrogen and oxygen atoms in total. The number of rotatable bonds is 7. The Morgan fingerprint density at radius 1 is 1.17 bits per heavy atom. The molecule has 188 valence electrons. The Labute approximate surface area is 215 Å². The molecule has 0 spiro atoms. The zero-order valence-corrected chi connectivity index (χ0v) is 20.5. The second-order valence-electron chi connectivity index (χ2n) is 9.72. The van der Waals surface area contributed by atoms with Crippen molar-refractivity contribution in [2.75, 3.05) is 11.4 Å². The second kappa shape index (κ2) is 9.01. The van der Waals surface area contributed by atoms with E-state index < -0.39 is 23.2 Å². The molecule has 1 N–H and O–H groups in total. The van der Waals surface area contributed by atoms with Crippen molar-refractivity contribution in [1.82, 2.24) is 5.16 Å². The average molecular weight is 535 g/mol. The van der Waals surface area contributed by atoms with Crippen molar-refractivity contribution in [3.63, 3.8) is 0 Å². The van der Waals surface area contributed by atoms with Crippen LogP contribution in [0.25, 0.3) is 11.3 Å². The molecule has 1 aromatic heterocycles. The first-order chi connectivity index (χ1) is 17.3. The molecule has 0 unspecified atom stereocenters. The van der Waals surface area contributed by atoms with Gasteiger partial charge in [0.25, 0.3) is 0 Å². The molecule has 3 aliphatic rings. The first-order valence-electron chi connectivity index (χ1n) is 11.8. The number of hydrogen-bond donors (Lipinski definition) is 1. The van der Waals surface area contributed by atoms with Crippen LogP contribution >= 0.6 is 23.2 Å². The fourth-order valence-electron chi connectivity index (χ4n) is 5.60. The van der Waals surface area contributed by atoms with Gasteiger partial charge in [-0.3, -0.25) is 0 Å². The van der Waals surface area contributed by atoms with Gasteiger partial charge >= 0.3 is 5.97 Å². The molecule has 2 bridgehead atoms. The number of carboxylic acid groups (broad SMARTS) is 1. The standard InChI is InChI=1S/C26H22Cl2F2N2O4/c27-17-2-1-3-18(28)22(17)24-16(25(36-31-24)12-4-5-12)11-35-21-9-14-6-13(21)10-32(14)15-7-19(29)23(26(33)34)20(30)8-15/h1-3,7-8,12-14,21H,4-6,9-11H2,(H,33,34)/t13-,14-,21+/m0/s1. The summed E-state index contributed by atoms with van der Waals surface area (Å²) in [5.41, 5.74) is 1.51. The maximum Gasteiger partial charge on any atom is 0.341 e. The van der Waals surface area contributed by atoms with E-state index in [9.17, 15) is 13.6 Å². The summed E-state index contributed by atoms with van der Waals surface area (Å²) in [5, 5.41) is 14.3. The number of anilines is 1. The summed E-state index contributed by atoms with van der Waals surface area (Å²) >= 11 is 12.9. The van der Waals surface area contributed by atoms with Gasteiger partial charge in [-0.2, -0.15) is 0 Å². The molecule has 3 fully saturated rings. The van der Waals surface area contributed by atoms with E-state index in [0.29, 0.717) is 52.5 Å². The van der Waals surface area contributed by atoms with Crippen molar-refractivity contribution in [3.8, 4) is 11.3 Å². The van der Waals surface area contributed by atoms with Crippen molar-refractivity contribution in [1.29, 1.82) is 0 Å². The highest BCUT2D eigenvalue weighted by Gasteiger charge is 2.46. The molecule has 2 aliphatic carbocycles. The first kappa shape index (κ1) is 23.7. The van der Waals surface area contributed by atoms with Gasteiger partial charge in [0.1, 0.15) is 28.7 Å². The number of piperidine rings is 1. The summed E-state index contributed by atoms with van der Waals surface area (Å²) < 4.78 is 40.6. The van der Waals surface area contributed by atoms with Crippen LogP contribution in [-0.4, -0.2) is 34.9 Å². The van der Waals surface area contributed by atoms with E-state index in [1.165, 1.54) is 0 Å². The number of halogens is 4. The third-order valence-corrected chi connectivity index (χ3v) is 8.09. The van der Waals surface area contributed by atoms with E-state index >= 15 is 0 Å². The highest BCUT2D eigenvalue weighted by atomic mass is 35.5. The van der Waals surface area contributed by atoms with Gasteiger partial charge in [-0.05, 0) is 49.9 Å². The molecule has 2 aromatic carbocycles. The lowest BCUT2D eigenvalue weighted by atomic mass is 10.0. The normalized spacial score (nSPS) is 23.0. The molecular weight excluding hydrogens is 513 g/mol. The SMILES string of the molecule is O=C(O)c1c(F)cc(N2C[C@@H]3C[C@H]2C[C@H]3OCc2c(-c3c(Cl)cccc3Cl)noc2C2CC2)cc1F. The molecule has 1 saturated heterocycles.